The van der Waals surface area contributed by atoms with E-state index in [-0.39, 0.29) is 5.91 Å². The van der Waals surface area contributed by atoms with Crippen LogP contribution in [0.25, 0.3) is 11.8 Å². The first-order valence-electron chi connectivity index (χ1n) is 7.66. The van der Waals surface area contributed by atoms with Gasteiger partial charge in [-0.1, -0.05) is 36.5 Å². The Morgan fingerprint density at radius 3 is 2.92 bits per heavy atom. The van der Waals surface area contributed by atoms with Crippen molar-refractivity contribution in [3.63, 3.8) is 0 Å². The summed E-state index contributed by atoms with van der Waals surface area (Å²) in [5, 5.41) is 16.5. The van der Waals surface area contributed by atoms with E-state index in [4.69, 9.17) is 0 Å². The predicted octanol–water partition coefficient (Wildman–Crippen LogP) is 3.33. The van der Waals surface area contributed by atoms with Gasteiger partial charge in [0.05, 0.1) is 11.9 Å². The van der Waals surface area contributed by atoms with Crippen molar-refractivity contribution in [1.29, 1.82) is 0 Å². The van der Waals surface area contributed by atoms with Crippen molar-refractivity contribution in [1.82, 2.24) is 20.0 Å². The molecule has 1 aromatic carbocycles. The second-order valence-electron chi connectivity index (χ2n) is 5.13. The first-order valence-corrected chi connectivity index (χ1v) is 8.48. The van der Waals surface area contributed by atoms with Crippen LogP contribution < -0.4 is 5.32 Å². The summed E-state index contributed by atoms with van der Waals surface area (Å²) < 4.78 is 1.76. The van der Waals surface area contributed by atoms with E-state index in [2.05, 4.69) is 27.5 Å². The Labute approximate surface area is 143 Å². The summed E-state index contributed by atoms with van der Waals surface area (Å²) in [6.07, 6.45) is 8.64. The van der Waals surface area contributed by atoms with E-state index < -0.39 is 0 Å². The number of rotatable bonds is 6. The number of nitrogens with zero attached hydrogens (tertiary/aromatic N) is 4. The molecule has 3 rings (SSSR count). The third-order valence-corrected chi connectivity index (χ3v) is 4.11. The van der Waals surface area contributed by atoms with Gasteiger partial charge in [0, 0.05) is 24.3 Å². The standard InChI is InChI=1S/C17H17N5OS/c1-2-6-16-20-21-17(24-16)19-15(23)10-9-13-11-18-22(12-13)14-7-4-3-5-8-14/h3-5,7-12H,2,6H2,1H3,(H,19,21,23)/b10-9+. The minimum atomic E-state index is -0.235. The second kappa shape index (κ2) is 7.65. The summed E-state index contributed by atoms with van der Waals surface area (Å²) >= 11 is 1.40. The maximum atomic E-state index is 11.9. The Morgan fingerprint density at radius 1 is 1.29 bits per heavy atom. The Kier molecular flexibility index (Phi) is 5.12. The number of amides is 1. The summed E-state index contributed by atoms with van der Waals surface area (Å²) in [7, 11) is 0. The lowest BCUT2D eigenvalue weighted by Crippen LogP contribution is -2.07. The minimum Gasteiger partial charge on any atom is -0.297 e. The Hall–Kier alpha value is -2.80. The normalized spacial score (nSPS) is 11.0. The Morgan fingerprint density at radius 2 is 2.12 bits per heavy atom. The average molecular weight is 339 g/mol. The molecule has 0 fully saturated rings. The number of para-hydroxylation sites is 1. The second-order valence-corrected chi connectivity index (χ2v) is 6.19. The van der Waals surface area contributed by atoms with Crippen LogP contribution in [0.5, 0.6) is 0 Å². The van der Waals surface area contributed by atoms with E-state index in [1.807, 2.05) is 36.5 Å². The molecule has 0 aliphatic carbocycles. The predicted molar refractivity (Wildman–Crippen MR) is 95.1 cm³/mol. The molecule has 24 heavy (non-hydrogen) atoms. The molecule has 0 spiro atoms. The van der Waals surface area contributed by atoms with Gasteiger partial charge in [0.25, 0.3) is 0 Å². The summed E-state index contributed by atoms with van der Waals surface area (Å²) in [6, 6.07) is 9.80. The molecule has 0 unspecified atom stereocenters. The zero-order valence-electron chi connectivity index (χ0n) is 13.2. The van der Waals surface area contributed by atoms with Crippen molar-refractivity contribution in [2.24, 2.45) is 0 Å². The lowest BCUT2D eigenvalue weighted by molar-refractivity contribution is -0.111. The van der Waals surface area contributed by atoms with E-state index in [0.717, 1.165) is 29.1 Å². The van der Waals surface area contributed by atoms with E-state index in [0.29, 0.717) is 5.13 Å². The molecule has 0 aliphatic rings. The number of anilines is 1. The SMILES string of the molecule is CCCc1nnc(NC(=O)/C=C/c2cnn(-c3ccccc3)c2)s1. The molecule has 0 aliphatic heterocycles. The van der Waals surface area contributed by atoms with Gasteiger partial charge < -0.3 is 0 Å². The van der Waals surface area contributed by atoms with Crippen molar-refractivity contribution in [3.05, 3.63) is 59.4 Å². The van der Waals surface area contributed by atoms with E-state index in [9.17, 15) is 4.79 Å². The Balaban J connectivity index is 1.61. The molecule has 0 saturated heterocycles. The molecule has 122 valence electrons. The number of hydrogen-bond acceptors (Lipinski definition) is 5. The molecule has 2 aromatic heterocycles. The van der Waals surface area contributed by atoms with Gasteiger partial charge in [0.1, 0.15) is 5.01 Å². The van der Waals surface area contributed by atoms with Gasteiger partial charge in [-0.15, -0.1) is 10.2 Å². The fourth-order valence-corrected chi connectivity index (χ4v) is 2.93. The highest BCUT2D eigenvalue weighted by atomic mass is 32.1. The van der Waals surface area contributed by atoms with Crippen molar-refractivity contribution in [2.75, 3.05) is 5.32 Å². The zero-order chi connectivity index (χ0) is 16.8. The van der Waals surface area contributed by atoms with Crippen LogP contribution in [0.1, 0.15) is 23.9 Å². The van der Waals surface area contributed by atoms with Crippen molar-refractivity contribution < 1.29 is 4.79 Å². The number of hydrogen-bond donors (Lipinski definition) is 1. The number of benzene rings is 1. The zero-order valence-corrected chi connectivity index (χ0v) is 14.0. The topological polar surface area (TPSA) is 72.7 Å². The maximum Gasteiger partial charge on any atom is 0.250 e. The van der Waals surface area contributed by atoms with Crippen molar-refractivity contribution in [2.45, 2.75) is 19.8 Å². The lowest BCUT2D eigenvalue weighted by atomic mass is 10.3. The molecule has 0 bridgehead atoms. The maximum absolute atomic E-state index is 11.9. The van der Waals surface area contributed by atoms with E-state index in [1.165, 1.54) is 17.4 Å². The Bertz CT molecular complexity index is 838. The molecule has 1 N–H and O–H groups in total. The van der Waals surface area contributed by atoms with Crippen LogP contribution in [-0.4, -0.2) is 25.9 Å². The highest BCUT2D eigenvalue weighted by molar-refractivity contribution is 7.15. The largest absolute Gasteiger partial charge is 0.297 e. The molecule has 1 amide bonds. The highest BCUT2D eigenvalue weighted by Crippen LogP contribution is 2.16. The van der Waals surface area contributed by atoms with Crippen LogP contribution in [-0.2, 0) is 11.2 Å². The van der Waals surface area contributed by atoms with Crippen molar-refractivity contribution >= 4 is 28.5 Å². The first-order chi connectivity index (χ1) is 11.7. The van der Waals surface area contributed by atoms with Gasteiger partial charge in [0.2, 0.25) is 11.0 Å². The summed E-state index contributed by atoms with van der Waals surface area (Å²) in [4.78, 5) is 11.9. The average Bonchev–Trinajstić information content (AvgIpc) is 3.24. The molecule has 0 atom stereocenters. The number of carbonyl (C=O) groups excluding carboxylic acids is 1. The van der Waals surface area contributed by atoms with Crippen molar-refractivity contribution in [3.8, 4) is 5.69 Å². The number of aryl methyl sites for hydroxylation is 1. The van der Waals surface area contributed by atoms with E-state index in [1.54, 1.807) is 17.0 Å². The third kappa shape index (κ3) is 4.14. The first kappa shape index (κ1) is 16.1. The quantitative estimate of drug-likeness (QED) is 0.699. The highest BCUT2D eigenvalue weighted by Gasteiger charge is 2.05. The van der Waals surface area contributed by atoms with Gasteiger partial charge in [-0.25, -0.2) is 4.68 Å². The smallest absolute Gasteiger partial charge is 0.250 e. The van der Waals surface area contributed by atoms with Gasteiger partial charge >= 0.3 is 0 Å². The molecule has 7 heteroatoms. The van der Waals surface area contributed by atoms with Crippen LogP contribution in [0.2, 0.25) is 0 Å². The minimum absolute atomic E-state index is 0.235. The molecule has 0 saturated carbocycles. The fourth-order valence-electron chi connectivity index (χ4n) is 2.08. The van der Waals surface area contributed by atoms with E-state index >= 15 is 0 Å². The molecule has 6 nitrogen and oxygen atoms in total. The monoisotopic (exact) mass is 339 g/mol. The van der Waals surface area contributed by atoms with Gasteiger partial charge in [-0.3, -0.25) is 10.1 Å². The lowest BCUT2D eigenvalue weighted by Gasteiger charge is -1.98. The molecular weight excluding hydrogens is 322 g/mol. The van der Waals surface area contributed by atoms with Crippen LogP contribution in [0.15, 0.2) is 48.8 Å². The van der Waals surface area contributed by atoms with Gasteiger partial charge in [-0.05, 0) is 24.6 Å². The van der Waals surface area contributed by atoms with Gasteiger partial charge in [0.15, 0.2) is 0 Å². The molecule has 2 heterocycles. The molecule has 3 aromatic rings. The van der Waals surface area contributed by atoms with Crippen LogP contribution in [0.3, 0.4) is 0 Å². The number of nitrogens with one attached hydrogen (secondary N) is 1. The van der Waals surface area contributed by atoms with Crippen LogP contribution >= 0.6 is 11.3 Å². The summed E-state index contributed by atoms with van der Waals surface area (Å²) in [5.74, 6) is -0.235. The third-order valence-electron chi connectivity index (χ3n) is 3.21. The summed E-state index contributed by atoms with van der Waals surface area (Å²) in [6.45, 7) is 2.08. The fraction of sp³-hybridized carbons (Fsp3) is 0.176. The summed E-state index contributed by atoms with van der Waals surface area (Å²) in [5.41, 5.74) is 1.82. The molecular formula is C17H17N5OS. The number of carbonyl (C=O) groups is 1. The molecule has 0 radical (unpaired) electrons. The van der Waals surface area contributed by atoms with Crippen LogP contribution in [0.4, 0.5) is 5.13 Å². The van der Waals surface area contributed by atoms with Crippen LogP contribution in [0, 0.1) is 0 Å². The van der Waals surface area contributed by atoms with Gasteiger partial charge in [-0.2, -0.15) is 5.10 Å². The number of aromatic nitrogens is 4.